The second-order valence-electron chi connectivity index (χ2n) is 13.3. The van der Waals surface area contributed by atoms with Gasteiger partial charge in [-0.1, -0.05) is 27.7 Å². The maximum atomic E-state index is 12.3. The molecule has 0 aromatic carbocycles. The van der Waals surface area contributed by atoms with Gasteiger partial charge in [-0.15, -0.1) is 0 Å². The van der Waals surface area contributed by atoms with E-state index in [-0.39, 0.29) is 44.0 Å². The topological polar surface area (TPSA) is 215 Å². The highest BCUT2D eigenvalue weighted by atomic mass is 16.4. The molecule has 2 saturated heterocycles. The van der Waals surface area contributed by atoms with Crippen LogP contribution in [0.2, 0.25) is 0 Å². The summed E-state index contributed by atoms with van der Waals surface area (Å²) in [5, 5.41) is 36.5. The van der Waals surface area contributed by atoms with Gasteiger partial charge in [0.25, 0.3) is 0 Å². The molecule has 0 spiro atoms. The van der Waals surface area contributed by atoms with Gasteiger partial charge in [0, 0.05) is 71.4 Å². The molecule has 2 aliphatic rings. The standard InChI is InChI=1S/C19H36N6O7.C14H26N2O2.C2H6/c1-20-2-3-21-16(26)12-22-4-6-23(13-17(27)28)8-10-25(15-19(31)32)11-9-24(7-5-22)14-18(29)30;1-11(2)14(18)13(15-3)10-12-4-6-16(7-5-12)8-9-17;1-2/h20H,2-15H2,1H3,(H,21,26)(H,27,28)(H,29,30)(H,31,32);9,11-13,15H,4-8,10H2,1-3H3;1-2H3. The van der Waals surface area contributed by atoms with E-state index in [9.17, 15) is 39.0 Å². The molecule has 2 rings (SSSR count). The van der Waals surface area contributed by atoms with Crippen LogP contribution in [0.25, 0.3) is 0 Å². The van der Waals surface area contributed by atoms with Crippen LogP contribution in [-0.2, 0) is 28.8 Å². The second-order valence-corrected chi connectivity index (χ2v) is 13.3. The van der Waals surface area contributed by atoms with Crippen LogP contribution in [0, 0.1) is 11.8 Å². The molecule has 0 aromatic rings. The lowest BCUT2D eigenvalue weighted by molar-refractivity contribution is -0.140. The maximum Gasteiger partial charge on any atom is 0.317 e. The first-order chi connectivity index (χ1) is 24.8. The number of rotatable bonds is 18. The molecule has 0 aliphatic carbocycles. The molecule has 0 saturated carbocycles. The van der Waals surface area contributed by atoms with Crippen LogP contribution in [-0.4, -0.2) is 207 Å². The maximum absolute atomic E-state index is 12.3. The Morgan fingerprint density at radius 3 is 1.38 bits per heavy atom. The summed E-state index contributed by atoms with van der Waals surface area (Å²) < 4.78 is 0. The first-order valence-electron chi connectivity index (χ1n) is 18.6. The van der Waals surface area contributed by atoms with Crippen LogP contribution in [0.15, 0.2) is 0 Å². The third kappa shape index (κ3) is 23.5. The number of carboxylic acids is 3. The minimum atomic E-state index is -0.998. The molecule has 0 aromatic heterocycles. The van der Waals surface area contributed by atoms with Gasteiger partial charge in [0.2, 0.25) is 5.91 Å². The zero-order valence-electron chi connectivity index (χ0n) is 32.5. The summed E-state index contributed by atoms with van der Waals surface area (Å²) in [4.78, 5) is 77.6. The molecule has 2 aliphatic heterocycles. The van der Waals surface area contributed by atoms with Crippen LogP contribution >= 0.6 is 0 Å². The van der Waals surface area contributed by atoms with Crippen molar-refractivity contribution in [3.05, 3.63) is 0 Å². The van der Waals surface area contributed by atoms with E-state index in [4.69, 9.17) is 5.11 Å². The number of piperidine rings is 1. The average Bonchev–Trinajstić information content (AvgIpc) is 3.09. The van der Waals surface area contributed by atoms with E-state index < -0.39 is 17.9 Å². The molecular formula is C35H68N8O9. The lowest BCUT2D eigenvalue weighted by Gasteiger charge is -2.32. The fourth-order valence-corrected chi connectivity index (χ4v) is 5.99. The Hall–Kier alpha value is -3.06. The molecule has 302 valence electrons. The molecule has 0 radical (unpaired) electrons. The number of carbonyl (C=O) groups excluding carboxylic acids is 3. The zero-order chi connectivity index (χ0) is 39.5. The summed E-state index contributed by atoms with van der Waals surface area (Å²) in [5.74, 6) is -2.10. The van der Waals surface area contributed by atoms with E-state index in [1.807, 2.05) is 39.6 Å². The SMILES string of the molecule is CC.CNC(CC1CCN(CC=O)CC1)C(=O)C(C)C.CNCCNC(=O)CN1CCN(CC(=O)O)CCN(CC(=O)O)CCN(CC(=O)O)CC1. The van der Waals surface area contributed by atoms with Gasteiger partial charge in [0.15, 0.2) is 5.78 Å². The monoisotopic (exact) mass is 745 g/mol. The fourth-order valence-electron chi connectivity index (χ4n) is 5.99. The number of hydrogen-bond acceptors (Lipinski definition) is 13. The quantitative estimate of drug-likeness (QED) is 0.0728. The number of nitrogens with one attached hydrogen (secondary N) is 3. The molecular weight excluding hydrogens is 676 g/mol. The summed E-state index contributed by atoms with van der Waals surface area (Å²) in [6.07, 6.45) is 4.09. The molecule has 17 heteroatoms. The number of aliphatic carboxylic acids is 3. The van der Waals surface area contributed by atoms with Crippen molar-refractivity contribution >= 4 is 35.9 Å². The summed E-state index contributed by atoms with van der Waals surface area (Å²) in [6, 6.07) is -0.00683. The highest BCUT2D eigenvalue weighted by Crippen LogP contribution is 2.22. The Morgan fingerprint density at radius 2 is 1.06 bits per heavy atom. The van der Waals surface area contributed by atoms with Gasteiger partial charge in [0.1, 0.15) is 6.29 Å². The van der Waals surface area contributed by atoms with Crippen LogP contribution in [0.3, 0.4) is 0 Å². The fraction of sp³-hybridized carbons (Fsp3) is 0.829. The molecule has 2 heterocycles. The van der Waals surface area contributed by atoms with E-state index in [0.29, 0.717) is 83.7 Å². The summed E-state index contributed by atoms with van der Waals surface area (Å²) in [5.41, 5.74) is 0. The van der Waals surface area contributed by atoms with Crippen molar-refractivity contribution in [3.63, 3.8) is 0 Å². The van der Waals surface area contributed by atoms with Gasteiger partial charge in [-0.05, 0) is 52.4 Å². The molecule has 0 bridgehead atoms. The van der Waals surface area contributed by atoms with Crippen molar-refractivity contribution in [2.75, 3.05) is 125 Å². The van der Waals surface area contributed by atoms with Crippen molar-refractivity contribution in [1.82, 2.24) is 40.4 Å². The molecule has 2 fully saturated rings. The number of nitrogens with zero attached hydrogens (tertiary/aromatic N) is 5. The second kappa shape index (κ2) is 29.4. The predicted molar refractivity (Wildman–Crippen MR) is 199 cm³/mol. The number of Topliss-reactive ketones (excluding diaryl/α,β-unsaturated/α-hetero) is 1. The minimum Gasteiger partial charge on any atom is -0.480 e. The first kappa shape index (κ1) is 48.9. The van der Waals surface area contributed by atoms with Gasteiger partial charge in [-0.2, -0.15) is 0 Å². The number of likely N-dealkylation sites (tertiary alicyclic amines) is 1. The van der Waals surface area contributed by atoms with Crippen LogP contribution in [0.5, 0.6) is 0 Å². The largest absolute Gasteiger partial charge is 0.480 e. The Balaban J connectivity index is 0.00000110. The Labute approximate surface area is 310 Å². The number of hydrogen-bond donors (Lipinski definition) is 6. The molecule has 1 unspecified atom stereocenters. The Kier molecular flexibility index (Phi) is 27.7. The van der Waals surface area contributed by atoms with Crippen LogP contribution in [0.4, 0.5) is 0 Å². The lowest BCUT2D eigenvalue weighted by atomic mass is 9.87. The van der Waals surface area contributed by atoms with Crippen LogP contribution < -0.4 is 16.0 Å². The highest BCUT2D eigenvalue weighted by molar-refractivity contribution is 5.85. The Morgan fingerprint density at radius 1 is 0.654 bits per heavy atom. The van der Waals surface area contributed by atoms with Gasteiger partial charge < -0.3 is 36.1 Å². The van der Waals surface area contributed by atoms with Crippen molar-refractivity contribution in [1.29, 1.82) is 0 Å². The number of ketones is 1. The van der Waals surface area contributed by atoms with Gasteiger partial charge >= 0.3 is 17.9 Å². The molecule has 52 heavy (non-hydrogen) atoms. The average molecular weight is 745 g/mol. The summed E-state index contributed by atoms with van der Waals surface area (Å²) in [7, 11) is 3.65. The van der Waals surface area contributed by atoms with E-state index in [1.165, 1.54) is 0 Å². The van der Waals surface area contributed by atoms with E-state index in [0.717, 1.165) is 38.6 Å². The van der Waals surface area contributed by atoms with Gasteiger partial charge in [0.05, 0.1) is 38.8 Å². The Bertz CT molecular complexity index is 1010. The summed E-state index contributed by atoms with van der Waals surface area (Å²) >= 11 is 0. The van der Waals surface area contributed by atoms with Crippen molar-refractivity contribution in [2.24, 2.45) is 11.8 Å². The number of amides is 1. The molecule has 1 atom stereocenters. The number of carboxylic acid groups (broad SMARTS) is 3. The smallest absolute Gasteiger partial charge is 0.317 e. The van der Waals surface area contributed by atoms with E-state index in [1.54, 1.807) is 21.7 Å². The third-order valence-electron chi connectivity index (χ3n) is 8.94. The third-order valence-corrected chi connectivity index (χ3v) is 8.94. The van der Waals surface area contributed by atoms with Gasteiger partial charge in [-0.25, -0.2) is 0 Å². The lowest BCUT2D eigenvalue weighted by Crippen LogP contribution is -2.50. The molecule has 1 amide bonds. The number of likely N-dealkylation sites (N-methyl/N-ethyl adjacent to an activating group) is 2. The van der Waals surface area contributed by atoms with Crippen molar-refractivity contribution < 1.29 is 44.1 Å². The van der Waals surface area contributed by atoms with E-state index >= 15 is 0 Å². The minimum absolute atomic E-state index is 0.00683. The molecule has 6 N–H and O–H groups in total. The first-order valence-corrected chi connectivity index (χ1v) is 18.6. The highest BCUT2D eigenvalue weighted by Gasteiger charge is 2.26. The van der Waals surface area contributed by atoms with Crippen LogP contribution in [0.1, 0.15) is 47.0 Å². The normalized spacial score (nSPS) is 18.4. The zero-order valence-corrected chi connectivity index (χ0v) is 32.5. The van der Waals surface area contributed by atoms with Crippen molar-refractivity contribution in [3.8, 4) is 0 Å². The van der Waals surface area contributed by atoms with Gasteiger partial charge in [-0.3, -0.25) is 48.5 Å². The number of aldehydes is 1. The predicted octanol–water partition coefficient (Wildman–Crippen LogP) is -1.08. The van der Waals surface area contributed by atoms with Crippen molar-refractivity contribution in [2.45, 2.75) is 53.0 Å². The van der Waals surface area contributed by atoms with E-state index in [2.05, 4.69) is 20.9 Å². The summed E-state index contributed by atoms with van der Waals surface area (Å²) in [6.45, 7) is 14.1. The number of carbonyl (C=O) groups is 6. The molecule has 17 nitrogen and oxygen atoms in total.